The lowest BCUT2D eigenvalue weighted by atomic mass is 9.91. The number of fused-ring (bicyclic) bond motifs is 1. The quantitative estimate of drug-likeness (QED) is 0.453. The Morgan fingerprint density at radius 2 is 2.10 bits per heavy atom. The smallest absolute Gasteiger partial charge is 0.0715 e. The second kappa shape index (κ2) is 8.65. The van der Waals surface area contributed by atoms with Crippen molar-refractivity contribution < 1.29 is 9.84 Å². The maximum Gasteiger partial charge on any atom is 0.0715 e. The average molecular weight is 487 g/mol. The van der Waals surface area contributed by atoms with Gasteiger partial charge in [0.15, 0.2) is 0 Å². The van der Waals surface area contributed by atoms with E-state index in [0.29, 0.717) is 16.7 Å². The highest BCUT2D eigenvalue weighted by molar-refractivity contribution is 9.11. The molecule has 0 bridgehead atoms. The first-order valence-electron chi connectivity index (χ1n) is 7.68. The van der Waals surface area contributed by atoms with E-state index in [2.05, 4.69) is 66.5 Å². The molecule has 0 aromatic rings. The van der Waals surface area contributed by atoms with Gasteiger partial charge in [0.25, 0.3) is 0 Å². The highest BCUT2D eigenvalue weighted by Crippen LogP contribution is 2.41. The Morgan fingerprint density at radius 3 is 2.76 bits per heavy atom. The molecule has 0 spiro atoms. The van der Waals surface area contributed by atoms with E-state index < -0.39 is 0 Å². The number of rotatable bonds is 3. The van der Waals surface area contributed by atoms with Gasteiger partial charge < -0.3 is 9.84 Å². The maximum absolute atomic E-state index is 10.4. The van der Waals surface area contributed by atoms with Crippen molar-refractivity contribution in [3.05, 3.63) is 16.8 Å². The number of ether oxygens (including phenoxy) is 1. The van der Waals surface area contributed by atoms with E-state index in [1.807, 2.05) is 0 Å². The predicted molar refractivity (Wildman–Crippen MR) is 97.4 cm³/mol. The Hall–Kier alpha value is 0.880. The molecule has 0 aromatic carbocycles. The van der Waals surface area contributed by atoms with E-state index in [4.69, 9.17) is 4.74 Å². The third kappa shape index (κ3) is 4.92. The van der Waals surface area contributed by atoms with Crippen LogP contribution in [0.25, 0.3) is 0 Å². The Labute approximate surface area is 152 Å². The number of aliphatic hydroxyl groups is 1. The van der Waals surface area contributed by atoms with Gasteiger partial charge in [-0.3, -0.25) is 0 Å². The summed E-state index contributed by atoms with van der Waals surface area (Å²) in [5.74, 6) is 0.946. The maximum atomic E-state index is 10.4. The first-order chi connectivity index (χ1) is 10.0. The fourth-order valence-electron chi connectivity index (χ4n) is 3.46. The molecular weight excluding hydrogens is 464 g/mol. The lowest BCUT2D eigenvalue weighted by Crippen LogP contribution is -2.40. The molecule has 1 aliphatic carbocycles. The van der Waals surface area contributed by atoms with Crippen molar-refractivity contribution in [2.45, 2.75) is 67.0 Å². The van der Waals surface area contributed by atoms with Gasteiger partial charge in [-0.05, 0) is 50.0 Å². The lowest BCUT2D eigenvalue weighted by Gasteiger charge is -2.35. The zero-order chi connectivity index (χ0) is 15.4. The van der Waals surface area contributed by atoms with E-state index in [-0.39, 0.29) is 23.1 Å². The van der Waals surface area contributed by atoms with Gasteiger partial charge in [0, 0.05) is 14.6 Å². The molecule has 2 nitrogen and oxygen atoms in total. The summed E-state index contributed by atoms with van der Waals surface area (Å²) in [4.78, 5) is 2.24. The third-order valence-corrected chi connectivity index (χ3v) is 7.11. The summed E-state index contributed by atoms with van der Waals surface area (Å²) in [6.07, 6.45) is 7.11. The van der Waals surface area contributed by atoms with Crippen LogP contribution in [0.4, 0.5) is 0 Å². The standard InChI is InChI=1S/C16H23Br3O2/c1-2-12(18)16-9-13(19)14(20)8-11-6-10(4-3-5-17)7-15(11)21-16/h4-5,10-16,20H,2,6-9H2,1H3/t3?,10-,11+,12?,13-,14+,15+,16+/m0/s1. The number of allylic oxidation sites excluding steroid dienone is 1. The van der Waals surface area contributed by atoms with Gasteiger partial charge in [-0.2, -0.15) is 0 Å². The molecule has 21 heavy (non-hydrogen) atoms. The normalized spacial score (nSPS) is 41.4. The fraction of sp³-hybridized carbons (Fsp3) is 0.812. The van der Waals surface area contributed by atoms with Crippen LogP contribution in [-0.4, -0.2) is 33.1 Å². The topological polar surface area (TPSA) is 29.5 Å². The average Bonchev–Trinajstić information content (AvgIpc) is 2.83. The highest BCUT2D eigenvalue weighted by Gasteiger charge is 2.41. The van der Waals surface area contributed by atoms with E-state index in [9.17, 15) is 5.11 Å². The molecule has 7 atom stereocenters. The van der Waals surface area contributed by atoms with Crippen LogP contribution in [0.15, 0.2) is 16.8 Å². The van der Waals surface area contributed by atoms with Crippen LogP contribution in [0, 0.1) is 11.8 Å². The molecule has 1 saturated heterocycles. The van der Waals surface area contributed by atoms with E-state index in [0.717, 1.165) is 32.1 Å². The molecule has 0 radical (unpaired) electrons. The molecule has 5 heteroatoms. The van der Waals surface area contributed by atoms with Crippen LogP contribution in [0.5, 0.6) is 0 Å². The van der Waals surface area contributed by atoms with E-state index >= 15 is 0 Å². The number of aliphatic hydroxyl groups excluding tert-OH is 1. The van der Waals surface area contributed by atoms with Gasteiger partial charge in [-0.1, -0.05) is 54.7 Å². The van der Waals surface area contributed by atoms with Crippen LogP contribution in [0.1, 0.15) is 39.0 Å². The van der Waals surface area contributed by atoms with Gasteiger partial charge in [0.1, 0.15) is 0 Å². The Morgan fingerprint density at radius 1 is 1.33 bits per heavy atom. The second-order valence-corrected chi connectivity index (χ2v) is 8.94. The van der Waals surface area contributed by atoms with Crippen molar-refractivity contribution in [1.82, 2.24) is 0 Å². The molecule has 1 unspecified atom stereocenters. The Bertz CT molecular complexity index is 395. The van der Waals surface area contributed by atoms with Crippen molar-refractivity contribution in [2.24, 2.45) is 11.8 Å². The van der Waals surface area contributed by atoms with Crippen LogP contribution in [0.3, 0.4) is 0 Å². The van der Waals surface area contributed by atoms with Crippen LogP contribution in [0.2, 0.25) is 0 Å². The molecule has 2 aliphatic rings. The molecule has 120 valence electrons. The van der Waals surface area contributed by atoms with E-state index in [1.54, 1.807) is 4.99 Å². The summed E-state index contributed by atoms with van der Waals surface area (Å²) in [5.41, 5.74) is 3.13. The summed E-state index contributed by atoms with van der Waals surface area (Å²) in [5, 5.41) is 10.4. The first kappa shape index (κ1) is 18.2. The van der Waals surface area contributed by atoms with Crippen molar-refractivity contribution in [1.29, 1.82) is 0 Å². The van der Waals surface area contributed by atoms with Crippen molar-refractivity contribution in [3.63, 3.8) is 0 Å². The Kier molecular flexibility index (Phi) is 7.51. The predicted octanol–water partition coefficient (Wildman–Crippen LogP) is 4.92. The third-order valence-electron chi connectivity index (χ3n) is 4.62. The van der Waals surface area contributed by atoms with Crippen LogP contribution >= 0.6 is 47.8 Å². The molecule has 1 heterocycles. The number of hydrogen-bond acceptors (Lipinski definition) is 2. The van der Waals surface area contributed by atoms with Gasteiger partial charge in [-0.25, -0.2) is 0 Å². The SMILES string of the molecule is CCC(Br)[C@H]1C[C@H](Br)[C@H](O)C[C@H]2C[C@H](C=C=CBr)C[C@H]2O1. The van der Waals surface area contributed by atoms with Crippen molar-refractivity contribution in [2.75, 3.05) is 0 Å². The molecule has 0 amide bonds. The van der Waals surface area contributed by atoms with Crippen LogP contribution in [-0.2, 0) is 4.74 Å². The first-order valence-corrected chi connectivity index (χ1v) is 10.4. The zero-order valence-electron chi connectivity index (χ0n) is 12.2. The van der Waals surface area contributed by atoms with Gasteiger partial charge in [0.2, 0.25) is 0 Å². The van der Waals surface area contributed by atoms with Crippen LogP contribution < -0.4 is 0 Å². The minimum absolute atomic E-state index is 0.118. The van der Waals surface area contributed by atoms with Gasteiger partial charge in [0.05, 0.1) is 18.3 Å². The molecule has 2 rings (SSSR count). The van der Waals surface area contributed by atoms with Crippen molar-refractivity contribution >= 4 is 47.8 Å². The summed E-state index contributed by atoms with van der Waals surface area (Å²) in [7, 11) is 0. The molecular formula is C16H23Br3O2. The summed E-state index contributed by atoms with van der Waals surface area (Å²) >= 11 is 10.7. The monoisotopic (exact) mass is 484 g/mol. The zero-order valence-corrected chi connectivity index (χ0v) is 17.0. The second-order valence-electron chi connectivity index (χ2n) is 6.13. The van der Waals surface area contributed by atoms with Gasteiger partial charge in [-0.15, -0.1) is 5.73 Å². The summed E-state index contributed by atoms with van der Waals surface area (Å²) in [6, 6.07) is 0. The minimum atomic E-state index is -0.282. The lowest BCUT2D eigenvalue weighted by molar-refractivity contribution is -0.0616. The number of halogens is 3. The molecule has 1 aliphatic heterocycles. The summed E-state index contributed by atoms with van der Waals surface area (Å²) < 4.78 is 6.44. The number of alkyl halides is 2. The van der Waals surface area contributed by atoms with E-state index in [1.165, 1.54) is 0 Å². The molecule has 1 saturated carbocycles. The van der Waals surface area contributed by atoms with Gasteiger partial charge >= 0.3 is 0 Å². The fourth-order valence-corrected chi connectivity index (χ4v) is 4.54. The summed E-state index contributed by atoms with van der Waals surface area (Å²) in [6.45, 7) is 2.17. The molecule has 0 aromatic heterocycles. The number of hydrogen-bond donors (Lipinski definition) is 1. The molecule has 2 fully saturated rings. The largest absolute Gasteiger partial charge is 0.392 e. The minimum Gasteiger partial charge on any atom is -0.392 e. The highest BCUT2D eigenvalue weighted by atomic mass is 79.9. The Balaban J connectivity index is 2.11. The van der Waals surface area contributed by atoms with Crippen molar-refractivity contribution in [3.8, 4) is 0 Å². The molecule has 1 N–H and O–H groups in total.